The number of carbonyl (C=O) groups excluding carboxylic acids is 1. The number of allylic oxidation sites excluding steroid dienone is 1. The highest BCUT2D eigenvalue weighted by atomic mass is 32.1. The molecular formula is C25H29NO4S. The Morgan fingerprint density at radius 2 is 1.97 bits per heavy atom. The minimum Gasteiger partial charge on any atom is -0.459 e. The minimum absolute atomic E-state index is 0.0288. The normalized spacial score (nSPS) is 29.5. The van der Waals surface area contributed by atoms with Gasteiger partial charge in [-0.3, -0.25) is 4.79 Å². The second-order valence-corrected chi connectivity index (χ2v) is 9.80. The summed E-state index contributed by atoms with van der Waals surface area (Å²) in [6.07, 6.45) is 7.05. The average molecular weight is 440 g/mol. The van der Waals surface area contributed by atoms with E-state index >= 15 is 0 Å². The highest BCUT2D eigenvalue weighted by molar-refractivity contribution is 7.08. The van der Waals surface area contributed by atoms with Crippen molar-refractivity contribution >= 4 is 17.2 Å². The second kappa shape index (κ2) is 9.15. The third-order valence-electron chi connectivity index (χ3n) is 6.95. The predicted molar refractivity (Wildman–Crippen MR) is 119 cm³/mol. The first kappa shape index (κ1) is 20.7. The van der Waals surface area contributed by atoms with Crippen molar-refractivity contribution in [3.63, 3.8) is 0 Å². The molecule has 2 fully saturated rings. The smallest absolute Gasteiger partial charge is 0.286 e. The first-order chi connectivity index (χ1) is 15.2. The zero-order valence-corrected chi connectivity index (χ0v) is 18.4. The summed E-state index contributed by atoms with van der Waals surface area (Å²) >= 11 is 1.66. The van der Waals surface area contributed by atoms with Crippen LogP contribution in [0.1, 0.15) is 54.7 Å². The quantitative estimate of drug-likeness (QED) is 0.668. The van der Waals surface area contributed by atoms with Gasteiger partial charge in [-0.15, -0.1) is 0 Å². The van der Waals surface area contributed by atoms with Gasteiger partial charge in [-0.2, -0.15) is 11.3 Å². The van der Waals surface area contributed by atoms with Gasteiger partial charge in [0, 0.05) is 18.4 Å². The van der Waals surface area contributed by atoms with Crippen molar-refractivity contribution in [2.24, 2.45) is 11.8 Å². The number of rotatable bonds is 7. The van der Waals surface area contributed by atoms with Gasteiger partial charge in [0.1, 0.15) is 0 Å². The summed E-state index contributed by atoms with van der Waals surface area (Å²) in [6.45, 7) is 0.426. The third kappa shape index (κ3) is 4.71. The number of fused-ring (bicyclic) bond motifs is 2. The van der Waals surface area contributed by atoms with Crippen molar-refractivity contribution in [1.29, 1.82) is 0 Å². The molecular weight excluding hydrogens is 410 g/mol. The summed E-state index contributed by atoms with van der Waals surface area (Å²) in [6, 6.07) is 10.1. The van der Waals surface area contributed by atoms with Crippen LogP contribution in [-0.2, 0) is 27.5 Å². The zero-order valence-electron chi connectivity index (χ0n) is 17.5. The van der Waals surface area contributed by atoms with E-state index in [2.05, 4.69) is 22.1 Å². The van der Waals surface area contributed by atoms with Crippen molar-refractivity contribution in [2.75, 3.05) is 0 Å². The molecule has 1 aromatic carbocycles. The Hall–Kier alpha value is -2.15. The minimum atomic E-state index is -0.479. The van der Waals surface area contributed by atoms with Gasteiger partial charge in [-0.05, 0) is 70.7 Å². The van der Waals surface area contributed by atoms with Gasteiger partial charge in [0.25, 0.3) is 5.91 Å². The van der Waals surface area contributed by atoms with Crippen LogP contribution in [0.5, 0.6) is 0 Å². The molecule has 2 aromatic rings. The molecule has 0 saturated heterocycles. The van der Waals surface area contributed by atoms with Crippen LogP contribution in [0.3, 0.4) is 0 Å². The summed E-state index contributed by atoms with van der Waals surface area (Å²) in [5.41, 5.74) is 3.08. The standard InChI is InChI=1S/C25H29NO4S/c27-13-16-1-3-17(4-2-16)14-29-24-12-21(20-7-8-31-15-20)11-23(30-24)25(28)26-22-10-18-5-6-19(22)9-18/h1-4,7-8,11,15,18-19,21-22,24,27H,5-6,9-10,12-14H2,(H,26,28)/t18?,19?,21-,22?,24+/m0/s1. The molecule has 0 radical (unpaired) electrons. The number of ether oxygens (including phenoxy) is 2. The van der Waals surface area contributed by atoms with E-state index in [1.54, 1.807) is 11.3 Å². The van der Waals surface area contributed by atoms with Gasteiger partial charge < -0.3 is 19.9 Å². The first-order valence-electron chi connectivity index (χ1n) is 11.2. The van der Waals surface area contributed by atoms with Gasteiger partial charge in [-0.25, -0.2) is 0 Å². The fraction of sp³-hybridized carbons (Fsp3) is 0.480. The lowest BCUT2D eigenvalue weighted by Crippen LogP contribution is -2.41. The number of hydrogen-bond donors (Lipinski definition) is 2. The molecule has 3 aliphatic rings. The molecule has 5 atom stereocenters. The monoisotopic (exact) mass is 439 g/mol. The molecule has 5 rings (SSSR count). The molecule has 31 heavy (non-hydrogen) atoms. The van der Waals surface area contributed by atoms with Crippen LogP contribution >= 0.6 is 11.3 Å². The number of aliphatic hydroxyl groups is 1. The molecule has 5 nitrogen and oxygen atoms in total. The number of nitrogens with one attached hydrogen (secondary N) is 1. The lowest BCUT2D eigenvalue weighted by atomic mass is 9.94. The fourth-order valence-corrected chi connectivity index (χ4v) is 5.95. The molecule has 2 bridgehead atoms. The molecule has 2 aliphatic carbocycles. The second-order valence-electron chi connectivity index (χ2n) is 9.02. The topological polar surface area (TPSA) is 67.8 Å². The highest BCUT2D eigenvalue weighted by Gasteiger charge is 2.41. The van der Waals surface area contributed by atoms with E-state index in [9.17, 15) is 9.90 Å². The van der Waals surface area contributed by atoms with Gasteiger partial charge >= 0.3 is 0 Å². The molecule has 0 spiro atoms. The van der Waals surface area contributed by atoms with Crippen molar-refractivity contribution in [1.82, 2.24) is 5.32 Å². The van der Waals surface area contributed by atoms with Crippen LogP contribution in [0.4, 0.5) is 0 Å². The summed E-state index contributed by atoms with van der Waals surface area (Å²) in [7, 11) is 0. The summed E-state index contributed by atoms with van der Waals surface area (Å²) in [4.78, 5) is 13.1. The molecule has 2 N–H and O–H groups in total. The van der Waals surface area contributed by atoms with E-state index in [1.807, 2.05) is 30.3 Å². The Balaban J connectivity index is 1.26. The van der Waals surface area contributed by atoms with Crippen LogP contribution in [0.25, 0.3) is 0 Å². The fourth-order valence-electron chi connectivity index (χ4n) is 5.23. The number of amides is 1. The van der Waals surface area contributed by atoms with Crippen LogP contribution in [0.2, 0.25) is 0 Å². The number of carbonyl (C=O) groups is 1. The zero-order chi connectivity index (χ0) is 21.2. The van der Waals surface area contributed by atoms with E-state index in [0.717, 1.165) is 23.5 Å². The molecule has 164 valence electrons. The summed E-state index contributed by atoms with van der Waals surface area (Å²) < 4.78 is 12.1. The Labute approximate surface area is 187 Å². The Morgan fingerprint density at radius 1 is 1.13 bits per heavy atom. The lowest BCUT2D eigenvalue weighted by molar-refractivity contribution is -0.150. The Morgan fingerprint density at radius 3 is 2.65 bits per heavy atom. The Kier molecular flexibility index (Phi) is 6.12. The highest BCUT2D eigenvalue weighted by Crippen LogP contribution is 2.44. The molecule has 1 aromatic heterocycles. The Bertz CT molecular complexity index is 924. The molecule has 2 heterocycles. The van der Waals surface area contributed by atoms with Gasteiger partial charge in [0.15, 0.2) is 5.76 Å². The van der Waals surface area contributed by atoms with Crippen LogP contribution in [0, 0.1) is 11.8 Å². The van der Waals surface area contributed by atoms with Crippen LogP contribution in [-0.4, -0.2) is 23.3 Å². The molecule has 2 saturated carbocycles. The van der Waals surface area contributed by atoms with Crippen LogP contribution < -0.4 is 5.32 Å². The first-order valence-corrected chi connectivity index (χ1v) is 12.1. The molecule has 3 unspecified atom stereocenters. The van der Waals surface area contributed by atoms with E-state index in [4.69, 9.17) is 9.47 Å². The number of aliphatic hydroxyl groups excluding tert-OH is 1. The number of benzene rings is 1. The van der Waals surface area contributed by atoms with E-state index in [-0.39, 0.29) is 24.5 Å². The predicted octanol–water partition coefficient (Wildman–Crippen LogP) is 4.48. The summed E-state index contributed by atoms with van der Waals surface area (Å²) in [5, 5.41) is 16.6. The van der Waals surface area contributed by atoms with Crippen LogP contribution in [0.15, 0.2) is 52.9 Å². The van der Waals surface area contributed by atoms with Gasteiger partial charge in [-0.1, -0.05) is 30.7 Å². The van der Waals surface area contributed by atoms with E-state index in [0.29, 0.717) is 24.7 Å². The number of hydrogen-bond acceptors (Lipinski definition) is 5. The SMILES string of the molecule is O=C(NC1CC2CCC1C2)C1=C[C@H](c2ccsc2)C[C@H](OCc2ccc(CO)cc2)O1. The van der Waals surface area contributed by atoms with Crippen molar-refractivity contribution in [2.45, 2.75) is 63.6 Å². The molecule has 1 aliphatic heterocycles. The van der Waals surface area contributed by atoms with Crippen molar-refractivity contribution in [3.05, 3.63) is 69.6 Å². The number of thiophene rings is 1. The third-order valence-corrected chi connectivity index (χ3v) is 7.65. The lowest BCUT2D eigenvalue weighted by Gasteiger charge is -2.30. The maximum Gasteiger partial charge on any atom is 0.286 e. The van der Waals surface area contributed by atoms with E-state index in [1.165, 1.54) is 24.8 Å². The van der Waals surface area contributed by atoms with Crippen molar-refractivity contribution < 1.29 is 19.4 Å². The van der Waals surface area contributed by atoms with Gasteiger partial charge in [0.05, 0.1) is 13.2 Å². The maximum atomic E-state index is 13.1. The van der Waals surface area contributed by atoms with E-state index < -0.39 is 6.29 Å². The summed E-state index contributed by atoms with van der Waals surface area (Å²) in [5.74, 6) is 1.77. The largest absolute Gasteiger partial charge is 0.459 e. The molecule has 6 heteroatoms. The average Bonchev–Trinajstić information content (AvgIpc) is 3.56. The maximum absolute atomic E-state index is 13.1. The molecule has 1 amide bonds. The van der Waals surface area contributed by atoms with Crippen molar-refractivity contribution in [3.8, 4) is 0 Å². The van der Waals surface area contributed by atoms with Gasteiger partial charge in [0.2, 0.25) is 6.29 Å².